The van der Waals surface area contributed by atoms with E-state index in [1.165, 1.54) is 17.2 Å². The highest BCUT2D eigenvalue weighted by atomic mass is 35.5. The second-order valence-electron chi connectivity index (χ2n) is 10.3. The number of benzene rings is 2. The van der Waals surface area contributed by atoms with Gasteiger partial charge in [-0.1, -0.05) is 29.8 Å². The molecule has 0 radical (unpaired) electrons. The minimum absolute atomic E-state index is 0.228. The summed E-state index contributed by atoms with van der Waals surface area (Å²) in [6.07, 6.45) is 3.38. The standard InChI is InChI=1S/C31H39ClN4O3S/c1-8-36-23(6)29(21(4)33-36)27-12-9-11-26-25(13-10-16-39-24-17-19(2)30(32)20(3)18-24)22(5)35(31(26)27)15-14-28(37)34-40(7)38/h9,11-12,17-18H,8,10,13-16H2,1-7H3,(H,34,37). The van der Waals surface area contributed by atoms with E-state index in [9.17, 15) is 9.00 Å². The van der Waals surface area contributed by atoms with Gasteiger partial charge in [-0.3, -0.25) is 14.2 Å². The van der Waals surface area contributed by atoms with Gasteiger partial charge in [-0.25, -0.2) is 4.21 Å². The summed E-state index contributed by atoms with van der Waals surface area (Å²) in [5, 5.41) is 6.72. The van der Waals surface area contributed by atoms with Gasteiger partial charge in [-0.2, -0.15) is 5.10 Å². The molecule has 1 amide bonds. The summed E-state index contributed by atoms with van der Waals surface area (Å²) in [6.45, 7) is 14.2. The van der Waals surface area contributed by atoms with Crippen LogP contribution in [-0.2, 0) is 35.3 Å². The molecule has 0 saturated carbocycles. The molecule has 40 heavy (non-hydrogen) atoms. The zero-order valence-corrected chi connectivity index (χ0v) is 26.1. The van der Waals surface area contributed by atoms with Crippen LogP contribution in [0.3, 0.4) is 0 Å². The van der Waals surface area contributed by atoms with Crippen LogP contribution in [-0.4, -0.2) is 37.3 Å². The average Bonchev–Trinajstić information content (AvgIpc) is 3.34. The van der Waals surface area contributed by atoms with Crippen molar-refractivity contribution in [2.45, 2.75) is 73.9 Å². The van der Waals surface area contributed by atoms with Crippen LogP contribution in [0.5, 0.6) is 5.75 Å². The first kappa shape index (κ1) is 29.9. The van der Waals surface area contributed by atoms with Crippen molar-refractivity contribution >= 4 is 39.4 Å². The lowest BCUT2D eigenvalue weighted by Gasteiger charge is -2.12. The number of rotatable bonds is 11. The number of halogens is 1. The zero-order valence-electron chi connectivity index (χ0n) is 24.5. The van der Waals surface area contributed by atoms with Crippen molar-refractivity contribution in [2.24, 2.45) is 0 Å². The molecule has 0 bridgehead atoms. The number of nitrogens with zero attached hydrogens (tertiary/aromatic N) is 3. The molecule has 2 heterocycles. The molecule has 0 fully saturated rings. The average molecular weight is 583 g/mol. The van der Waals surface area contributed by atoms with E-state index in [4.69, 9.17) is 21.4 Å². The van der Waals surface area contributed by atoms with Gasteiger partial charge in [0.15, 0.2) is 0 Å². The Morgan fingerprint density at radius 3 is 2.42 bits per heavy atom. The molecule has 7 nitrogen and oxygen atoms in total. The number of hydrogen-bond acceptors (Lipinski definition) is 4. The summed E-state index contributed by atoms with van der Waals surface area (Å²) < 4.78 is 24.4. The summed E-state index contributed by atoms with van der Waals surface area (Å²) in [5.41, 5.74) is 9.86. The third-order valence-electron chi connectivity index (χ3n) is 7.49. The Morgan fingerprint density at radius 1 is 1.10 bits per heavy atom. The van der Waals surface area contributed by atoms with E-state index in [2.05, 4.69) is 55.2 Å². The summed E-state index contributed by atoms with van der Waals surface area (Å²) in [7, 11) is -1.39. The SMILES string of the molecule is CCn1nc(C)c(-c2cccc3c(CCCOc4cc(C)c(Cl)c(C)c4)c(C)n(CCC(=O)NS(C)=O)c23)c1C. The van der Waals surface area contributed by atoms with E-state index >= 15 is 0 Å². The number of ether oxygens (including phenoxy) is 1. The molecule has 1 unspecified atom stereocenters. The van der Waals surface area contributed by atoms with Crippen molar-refractivity contribution < 1.29 is 13.7 Å². The van der Waals surface area contributed by atoms with Crippen LogP contribution >= 0.6 is 11.6 Å². The fourth-order valence-corrected chi connectivity index (χ4v) is 6.18. The lowest BCUT2D eigenvalue weighted by Crippen LogP contribution is -2.25. The molecule has 1 atom stereocenters. The van der Waals surface area contributed by atoms with Crippen LogP contribution in [0.2, 0.25) is 5.02 Å². The molecule has 4 aromatic rings. The largest absolute Gasteiger partial charge is 0.494 e. The minimum Gasteiger partial charge on any atom is -0.494 e. The van der Waals surface area contributed by atoms with Crippen molar-refractivity contribution in [3.63, 3.8) is 0 Å². The first-order valence-corrected chi connectivity index (χ1v) is 15.6. The van der Waals surface area contributed by atoms with Crippen molar-refractivity contribution in [1.29, 1.82) is 0 Å². The highest BCUT2D eigenvalue weighted by Crippen LogP contribution is 2.38. The predicted octanol–water partition coefficient (Wildman–Crippen LogP) is 6.53. The maximum absolute atomic E-state index is 12.4. The van der Waals surface area contributed by atoms with Gasteiger partial charge < -0.3 is 9.30 Å². The van der Waals surface area contributed by atoms with Crippen LogP contribution in [0, 0.1) is 34.6 Å². The quantitative estimate of drug-likeness (QED) is 0.204. The highest BCUT2D eigenvalue weighted by Gasteiger charge is 2.22. The molecule has 9 heteroatoms. The van der Waals surface area contributed by atoms with Crippen molar-refractivity contribution in [2.75, 3.05) is 12.9 Å². The summed E-state index contributed by atoms with van der Waals surface area (Å²) in [6, 6.07) is 10.4. The predicted molar refractivity (Wildman–Crippen MR) is 165 cm³/mol. The van der Waals surface area contributed by atoms with E-state index in [0.29, 0.717) is 13.2 Å². The fraction of sp³-hybridized carbons (Fsp3) is 0.419. The van der Waals surface area contributed by atoms with Gasteiger partial charge in [-0.15, -0.1) is 0 Å². The van der Waals surface area contributed by atoms with Gasteiger partial charge in [0.25, 0.3) is 0 Å². The molecule has 0 aliphatic carbocycles. The lowest BCUT2D eigenvalue weighted by molar-refractivity contribution is -0.119. The summed E-state index contributed by atoms with van der Waals surface area (Å²) in [5.74, 6) is 0.605. The molecule has 0 saturated heterocycles. The molecular formula is C31H39ClN4O3S. The maximum Gasteiger partial charge on any atom is 0.233 e. The van der Waals surface area contributed by atoms with Gasteiger partial charge in [-0.05, 0) is 83.2 Å². The molecule has 0 aliphatic rings. The first-order chi connectivity index (χ1) is 19.0. The highest BCUT2D eigenvalue weighted by molar-refractivity contribution is 7.82. The number of fused-ring (bicyclic) bond motifs is 1. The molecular weight excluding hydrogens is 544 g/mol. The zero-order chi connectivity index (χ0) is 29.1. The van der Waals surface area contributed by atoms with E-state index in [-0.39, 0.29) is 12.3 Å². The number of aryl methyl sites for hydroxylation is 6. The Bertz CT molecular complexity index is 1560. The third kappa shape index (κ3) is 6.13. The van der Waals surface area contributed by atoms with Gasteiger partial charge in [0.05, 0.1) is 17.8 Å². The molecule has 214 valence electrons. The van der Waals surface area contributed by atoms with E-state index in [1.807, 2.05) is 30.7 Å². The number of aromatic nitrogens is 3. The van der Waals surface area contributed by atoms with Crippen LogP contribution in [0.4, 0.5) is 0 Å². The van der Waals surface area contributed by atoms with E-state index in [1.54, 1.807) is 0 Å². The van der Waals surface area contributed by atoms with Gasteiger partial charge in [0, 0.05) is 58.7 Å². The maximum atomic E-state index is 12.4. The Balaban J connectivity index is 1.69. The second-order valence-corrected chi connectivity index (χ2v) is 11.8. The van der Waals surface area contributed by atoms with Crippen molar-refractivity contribution in [3.8, 4) is 16.9 Å². The molecule has 1 N–H and O–H groups in total. The van der Waals surface area contributed by atoms with Gasteiger partial charge in [0.1, 0.15) is 16.7 Å². The van der Waals surface area contributed by atoms with Crippen LogP contribution in [0.1, 0.15) is 53.5 Å². The minimum atomic E-state index is -1.39. The monoisotopic (exact) mass is 582 g/mol. The third-order valence-corrected chi connectivity index (χ3v) is 8.60. The van der Waals surface area contributed by atoms with E-state index < -0.39 is 11.0 Å². The van der Waals surface area contributed by atoms with Gasteiger partial charge in [0.2, 0.25) is 5.91 Å². The Morgan fingerprint density at radius 2 is 1.80 bits per heavy atom. The number of carbonyl (C=O) groups is 1. The molecule has 0 spiro atoms. The number of para-hydroxylation sites is 1. The van der Waals surface area contributed by atoms with Crippen LogP contribution in [0.15, 0.2) is 30.3 Å². The number of amides is 1. The lowest BCUT2D eigenvalue weighted by atomic mass is 9.98. The first-order valence-electron chi connectivity index (χ1n) is 13.7. The van der Waals surface area contributed by atoms with Crippen molar-refractivity contribution in [1.82, 2.24) is 19.1 Å². The van der Waals surface area contributed by atoms with Crippen molar-refractivity contribution in [3.05, 3.63) is 69.1 Å². The summed E-state index contributed by atoms with van der Waals surface area (Å²) in [4.78, 5) is 12.4. The normalized spacial score (nSPS) is 12.2. The summed E-state index contributed by atoms with van der Waals surface area (Å²) >= 11 is 6.32. The Hall–Kier alpha value is -3.10. The van der Waals surface area contributed by atoms with E-state index in [0.717, 1.165) is 75.0 Å². The molecule has 0 aliphatic heterocycles. The van der Waals surface area contributed by atoms with Crippen LogP contribution < -0.4 is 9.46 Å². The number of carbonyl (C=O) groups excluding carboxylic acids is 1. The molecule has 2 aromatic heterocycles. The number of nitrogens with one attached hydrogen (secondary N) is 1. The molecule has 4 rings (SSSR count). The fourth-order valence-electron chi connectivity index (χ4n) is 5.65. The smallest absolute Gasteiger partial charge is 0.233 e. The Labute approximate surface area is 244 Å². The molecule has 2 aromatic carbocycles. The van der Waals surface area contributed by atoms with Gasteiger partial charge >= 0.3 is 0 Å². The Kier molecular flexibility index (Phi) is 9.41. The van der Waals surface area contributed by atoms with Crippen LogP contribution in [0.25, 0.3) is 22.0 Å². The second kappa shape index (κ2) is 12.6. The number of hydrogen-bond donors (Lipinski definition) is 1. The topological polar surface area (TPSA) is 78.2 Å².